The molecule has 1 aliphatic heterocycles. The molecule has 3 aromatic rings. The van der Waals surface area contributed by atoms with Crippen molar-refractivity contribution < 1.29 is 53.2 Å². The molecule has 1 heterocycles. The molecule has 3 aliphatic rings. The first-order chi connectivity index (χ1) is 31.0. The number of nitro benzene ring substituents is 1. The number of non-ortho nitro benzene ring substituents is 1. The number of methoxy groups -OCH3 is 2. The van der Waals surface area contributed by atoms with Crippen LogP contribution in [-0.2, 0) is 14.4 Å². The van der Waals surface area contributed by atoms with Crippen molar-refractivity contribution in [3.8, 4) is 23.0 Å². The van der Waals surface area contributed by atoms with Crippen molar-refractivity contribution in [3.63, 3.8) is 0 Å². The zero-order valence-electron chi connectivity index (χ0n) is 36.8. The number of rotatable bonds is 21. The largest absolute Gasteiger partial charge is 0.497 e. The summed E-state index contributed by atoms with van der Waals surface area (Å²) in [5, 5.41) is 38.5. The number of aliphatic hydroxyl groups is 2. The van der Waals surface area contributed by atoms with E-state index >= 15 is 0 Å². The van der Waals surface area contributed by atoms with Crippen LogP contribution in [0.2, 0.25) is 0 Å². The summed E-state index contributed by atoms with van der Waals surface area (Å²) >= 11 is 0. The molecule has 2 aliphatic carbocycles. The third-order valence-electron chi connectivity index (χ3n) is 12.1. The van der Waals surface area contributed by atoms with Gasteiger partial charge in [0.15, 0.2) is 0 Å². The molecule has 3 aromatic carbocycles. The monoisotopic (exact) mass is 882 g/mol. The van der Waals surface area contributed by atoms with Crippen LogP contribution in [0.15, 0.2) is 96.2 Å². The van der Waals surface area contributed by atoms with E-state index in [1.807, 2.05) is 13.0 Å². The Morgan fingerprint density at radius 3 is 2.42 bits per heavy atom. The number of ether oxygens (including phenoxy) is 5. The van der Waals surface area contributed by atoms with Crippen molar-refractivity contribution in [1.82, 2.24) is 4.90 Å². The predicted octanol–water partition coefficient (Wildman–Crippen LogP) is 8.05. The molecule has 0 radical (unpaired) electrons. The Morgan fingerprint density at radius 1 is 1.02 bits per heavy atom. The summed E-state index contributed by atoms with van der Waals surface area (Å²) in [6.45, 7) is 6.27. The molecule has 342 valence electrons. The molecular formula is C48H58N4O12. The predicted molar refractivity (Wildman–Crippen MR) is 241 cm³/mol. The van der Waals surface area contributed by atoms with Crippen molar-refractivity contribution in [3.05, 3.63) is 112 Å². The Kier molecular flexibility index (Phi) is 16.2. The molecule has 16 heteroatoms. The average Bonchev–Trinajstić information content (AvgIpc) is 3.30. The fraction of sp³-hybridized carbons (Fsp3) is 0.438. The summed E-state index contributed by atoms with van der Waals surface area (Å²) in [5.74, 6) is -1.19. The summed E-state index contributed by atoms with van der Waals surface area (Å²) < 4.78 is 30.8. The van der Waals surface area contributed by atoms with Crippen LogP contribution in [0.4, 0.5) is 16.2 Å². The minimum absolute atomic E-state index is 0.00711. The number of anilines is 1. The second-order valence-electron chi connectivity index (χ2n) is 15.9. The van der Waals surface area contributed by atoms with Crippen LogP contribution in [0.25, 0.3) is 6.08 Å². The number of nitrogens with one attached hydrogen (secondary N) is 1. The van der Waals surface area contributed by atoms with Crippen LogP contribution in [-0.4, -0.2) is 97.3 Å². The number of carbonyl (C=O) groups excluding carboxylic acids is 2. The second kappa shape index (κ2) is 21.9. The number of likely N-dealkylation sites (N-methyl/N-ethyl adjacent to an activating group) is 1. The number of aliphatic hydroxyl groups excluding tert-OH is 2. The van der Waals surface area contributed by atoms with Gasteiger partial charge in [0.2, 0.25) is 11.7 Å². The van der Waals surface area contributed by atoms with Gasteiger partial charge < -0.3 is 43.6 Å². The summed E-state index contributed by atoms with van der Waals surface area (Å²) in [5.41, 5.74) is 3.17. The van der Waals surface area contributed by atoms with Gasteiger partial charge >= 0.3 is 6.09 Å². The lowest BCUT2D eigenvalue weighted by Crippen LogP contribution is -2.69. The third-order valence-corrected chi connectivity index (χ3v) is 12.1. The number of amides is 2. The highest BCUT2D eigenvalue weighted by molar-refractivity contribution is 6.03. The molecule has 6 rings (SSSR count). The van der Waals surface area contributed by atoms with E-state index in [9.17, 15) is 29.9 Å². The Labute approximate surface area is 373 Å². The van der Waals surface area contributed by atoms with Gasteiger partial charge in [-0.2, -0.15) is 0 Å². The van der Waals surface area contributed by atoms with Gasteiger partial charge in [0.1, 0.15) is 35.6 Å². The number of hydrogen-bond donors (Lipinski definition) is 3. The van der Waals surface area contributed by atoms with Gasteiger partial charge in [0.05, 0.1) is 43.1 Å². The van der Waals surface area contributed by atoms with Gasteiger partial charge in [-0.3, -0.25) is 20.2 Å². The van der Waals surface area contributed by atoms with Crippen LogP contribution in [0, 0.1) is 27.9 Å². The number of nitrogens with zero attached hydrogens (tertiary/aromatic N) is 3. The van der Waals surface area contributed by atoms with E-state index < -0.39 is 28.8 Å². The quantitative estimate of drug-likeness (QED) is 0.0306. The maximum atomic E-state index is 14.3. The SMILES string of the molecule is C=CCOC12Oc3ccc(OC(=O)Nc4ccc(OC)cc4OC)cc3C3C(CCCCO)C(CCCCO)C=C(C(=NOCC)CC1N(C)C(=O)C=Cc1ccc([N+](=O)[O-])cc1)C32. The fourth-order valence-corrected chi connectivity index (χ4v) is 9.22. The third kappa shape index (κ3) is 10.4. The van der Waals surface area contributed by atoms with E-state index in [0.29, 0.717) is 60.1 Å². The number of carbonyl (C=O) groups is 2. The maximum Gasteiger partial charge on any atom is 0.417 e. The molecule has 0 aromatic heterocycles. The number of unbranched alkanes of at least 4 members (excludes halogenated alkanes) is 2. The zero-order chi connectivity index (χ0) is 45.8. The zero-order valence-corrected chi connectivity index (χ0v) is 36.8. The van der Waals surface area contributed by atoms with Gasteiger partial charge in [-0.05, 0) is 104 Å². The van der Waals surface area contributed by atoms with E-state index in [2.05, 4.69) is 23.1 Å². The molecule has 64 heavy (non-hydrogen) atoms. The standard InChI is InChI=1S/C48H58N4O12/c1-6-26-61-48-43(51(3)44(55)23-16-31-14-17-33(18-15-31)52(57)58)30-40(50-62-7-2)37-27-32(12-8-10-24-53)36(13-9-11-25-54)45(46(37)48)38-28-35(20-22-41(38)64-48)63-47(56)49-39-21-19-34(59-4)29-42(39)60-5/h6,14-23,27-29,32,36,43,45-46,53-54H,1,7-13,24-26,30H2,2-5H3,(H,49,56). The van der Waals surface area contributed by atoms with Crippen molar-refractivity contribution in [2.45, 2.75) is 69.6 Å². The second-order valence-corrected chi connectivity index (χ2v) is 15.9. The molecule has 6 unspecified atom stereocenters. The lowest BCUT2D eigenvalue weighted by Gasteiger charge is -2.59. The fourth-order valence-electron chi connectivity index (χ4n) is 9.22. The first-order valence-corrected chi connectivity index (χ1v) is 21.6. The van der Waals surface area contributed by atoms with Crippen molar-refractivity contribution in [1.29, 1.82) is 0 Å². The number of fused-ring (bicyclic) bond motifs is 2. The Balaban J connectivity index is 1.48. The van der Waals surface area contributed by atoms with Crippen LogP contribution >= 0.6 is 0 Å². The highest BCUT2D eigenvalue weighted by atomic mass is 16.7. The number of oxime groups is 1. The van der Waals surface area contributed by atoms with E-state index in [1.54, 1.807) is 66.6 Å². The first-order valence-electron chi connectivity index (χ1n) is 21.6. The van der Waals surface area contributed by atoms with Crippen molar-refractivity contribution in [2.75, 3.05) is 53.0 Å². The van der Waals surface area contributed by atoms with E-state index in [4.69, 9.17) is 28.5 Å². The maximum absolute atomic E-state index is 14.3. The number of benzene rings is 3. The average molecular weight is 883 g/mol. The highest BCUT2D eigenvalue weighted by Gasteiger charge is 2.65. The number of nitro groups is 1. The molecule has 6 atom stereocenters. The van der Waals surface area contributed by atoms with Gasteiger partial charge in [0, 0.05) is 62.4 Å². The molecule has 2 amide bonds. The van der Waals surface area contributed by atoms with E-state index in [1.165, 1.54) is 32.4 Å². The minimum atomic E-state index is -1.50. The smallest absolute Gasteiger partial charge is 0.417 e. The summed E-state index contributed by atoms with van der Waals surface area (Å²) in [6.07, 6.45) is 10.5. The summed E-state index contributed by atoms with van der Waals surface area (Å²) in [7, 11) is 4.70. The topological polar surface area (TPSA) is 201 Å². The molecule has 3 N–H and O–H groups in total. The molecule has 1 fully saturated rings. The molecule has 0 saturated heterocycles. The van der Waals surface area contributed by atoms with Crippen LogP contribution < -0.4 is 24.3 Å². The molecule has 16 nitrogen and oxygen atoms in total. The lowest BCUT2D eigenvalue weighted by atomic mass is 9.55. The van der Waals surface area contributed by atoms with E-state index in [0.717, 1.165) is 30.4 Å². The first kappa shape index (κ1) is 47.3. The molecule has 0 bridgehead atoms. The molecule has 0 spiro atoms. The van der Waals surface area contributed by atoms with Gasteiger partial charge in [-0.1, -0.05) is 30.1 Å². The number of hydrogen-bond acceptors (Lipinski definition) is 13. The Hall–Kier alpha value is -6.23. The summed E-state index contributed by atoms with van der Waals surface area (Å²) in [6, 6.07) is 15.3. The highest BCUT2D eigenvalue weighted by Crippen LogP contribution is 2.62. The molecular weight excluding hydrogens is 825 g/mol. The summed E-state index contributed by atoms with van der Waals surface area (Å²) in [4.78, 5) is 45.9. The minimum Gasteiger partial charge on any atom is -0.497 e. The molecule has 1 saturated carbocycles. The normalized spacial score (nSPS) is 22.6. The van der Waals surface area contributed by atoms with Crippen LogP contribution in [0.1, 0.15) is 68.9 Å². The van der Waals surface area contributed by atoms with Gasteiger partial charge in [0.25, 0.3) is 5.69 Å². The van der Waals surface area contributed by atoms with Crippen LogP contribution in [0.5, 0.6) is 23.0 Å². The Bertz CT molecular complexity index is 2230. The van der Waals surface area contributed by atoms with E-state index in [-0.39, 0.29) is 61.3 Å². The van der Waals surface area contributed by atoms with Crippen molar-refractivity contribution in [2.24, 2.45) is 22.9 Å². The lowest BCUT2D eigenvalue weighted by molar-refractivity contribution is -0.384. The van der Waals surface area contributed by atoms with Crippen LogP contribution in [0.3, 0.4) is 0 Å². The van der Waals surface area contributed by atoms with Crippen molar-refractivity contribution >= 4 is 35.2 Å². The van der Waals surface area contributed by atoms with Gasteiger partial charge in [-0.25, -0.2) is 4.79 Å². The van der Waals surface area contributed by atoms with Gasteiger partial charge in [-0.15, -0.1) is 6.58 Å². The Morgan fingerprint density at radius 2 is 1.75 bits per heavy atom. The number of allylic oxidation sites excluding steroid dienone is 1.